The minimum atomic E-state index is -0.446. The van der Waals surface area contributed by atoms with Crippen LogP contribution in [0.2, 0.25) is 0 Å². The van der Waals surface area contributed by atoms with E-state index in [0.29, 0.717) is 0 Å². The van der Waals surface area contributed by atoms with Crippen molar-refractivity contribution in [1.82, 2.24) is 0 Å². The summed E-state index contributed by atoms with van der Waals surface area (Å²) in [7, 11) is -0.892. The van der Waals surface area contributed by atoms with Gasteiger partial charge in [0.2, 0.25) is 0 Å². The monoisotopic (exact) mass is 762 g/mol. The average Bonchev–Trinajstić information content (AvgIpc) is 3.24. The summed E-state index contributed by atoms with van der Waals surface area (Å²) in [6.07, 6.45) is 4.24. The second-order valence-corrected chi connectivity index (χ2v) is 16.3. The third kappa shape index (κ3) is 12.2. The number of hydrogen-bond acceptors (Lipinski definition) is 0. The van der Waals surface area contributed by atoms with Crippen LogP contribution in [0.1, 0.15) is 11.1 Å². The molecule has 0 nitrogen and oxygen atoms in total. The molecular weight excluding hydrogens is 721 g/mol. The Morgan fingerprint density at radius 2 is 0.358 bits per heavy atom. The molecule has 0 aliphatic rings. The topological polar surface area (TPSA) is 0 Å². The van der Waals surface area contributed by atoms with Crippen LogP contribution in [0.4, 0.5) is 0 Å². The van der Waals surface area contributed by atoms with Crippen LogP contribution in [-0.2, 0) is 16.5 Å². The van der Waals surface area contributed by atoms with Gasteiger partial charge < -0.3 is 0 Å². The van der Waals surface area contributed by atoms with E-state index in [4.69, 9.17) is 0 Å². The quantitative estimate of drug-likeness (QED) is 0.0822. The van der Waals surface area contributed by atoms with Crippen molar-refractivity contribution < 1.29 is 16.5 Å². The Bertz CT molecular complexity index is 1800. The molecule has 260 valence electrons. The normalized spacial score (nSPS) is 10.4. The summed E-state index contributed by atoms with van der Waals surface area (Å²) in [5, 5.41) is 8.39. The van der Waals surface area contributed by atoms with Gasteiger partial charge in [-0.1, -0.05) is 255 Å². The summed E-state index contributed by atoms with van der Waals surface area (Å²) in [6.45, 7) is 0. The van der Waals surface area contributed by atoms with Gasteiger partial charge in [-0.2, -0.15) is 0 Å². The van der Waals surface area contributed by atoms with Crippen LogP contribution in [0.25, 0.3) is 12.2 Å². The third-order valence-electron chi connectivity index (χ3n) is 8.15. The Morgan fingerprint density at radius 1 is 0.208 bits per heavy atom. The fourth-order valence-corrected chi connectivity index (χ4v) is 10.3. The molecule has 0 radical (unpaired) electrons. The van der Waals surface area contributed by atoms with Crippen LogP contribution in [0.15, 0.2) is 243 Å². The average molecular weight is 764 g/mol. The predicted octanol–water partition coefficient (Wildman–Crippen LogP) is 10.7. The first-order chi connectivity index (χ1) is 25.8. The molecule has 0 saturated heterocycles. The number of hydrogen-bond donors (Lipinski definition) is 0. The summed E-state index contributed by atoms with van der Waals surface area (Å²) in [5.41, 5.74) is 2.47. The van der Waals surface area contributed by atoms with Crippen molar-refractivity contribution in [2.24, 2.45) is 0 Å². The van der Waals surface area contributed by atoms with Gasteiger partial charge in [0.15, 0.2) is 0 Å². The van der Waals surface area contributed by atoms with E-state index in [1.54, 1.807) is 0 Å². The molecule has 8 aromatic carbocycles. The van der Waals surface area contributed by atoms with E-state index >= 15 is 0 Å². The van der Waals surface area contributed by atoms with Gasteiger partial charge in [-0.05, 0) is 58.8 Å². The van der Waals surface area contributed by atoms with Crippen molar-refractivity contribution in [1.29, 1.82) is 0 Å². The zero-order chi connectivity index (χ0) is 35.5. The molecule has 0 atom stereocenters. The SMILES string of the molecule is C(=C\c1ccccc1)/c1ccccc1.[Ni+2].c1ccc(P(c2ccccc2)c2ccccc2)cc1.c1ccc(P(c2ccccc2)c2ccccc2)cc1. The maximum absolute atomic E-state index is 2.23. The second kappa shape index (κ2) is 22.0. The maximum atomic E-state index is 2.23. The zero-order valence-corrected chi connectivity index (χ0v) is 32.2. The molecule has 0 heterocycles. The van der Waals surface area contributed by atoms with Crippen LogP contribution in [0.3, 0.4) is 0 Å². The van der Waals surface area contributed by atoms with E-state index in [9.17, 15) is 0 Å². The molecule has 53 heavy (non-hydrogen) atoms. The maximum Gasteiger partial charge on any atom is 2.00 e. The van der Waals surface area contributed by atoms with E-state index in [1.807, 2.05) is 36.4 Å². The molecule has 0 aromatic heterocycles. The second-order valence-electron chi connectivity index (χ2n) is 11.8. The number of benzene rings is 8. The van der Waals surface area contributed by atoms with Crippen molar-refractivity contribution in [2.75, 3.05) is 0 Å². The van der Waals surface area contributed by atoms with Gasteiger partial charge >= 0.3 is 16.5 Å². The molecule has 3 heteroatoms. The van der Waals surface area contributed by atoms with E-state index in [-0.39, 0.29) is 16.5 Å². The van der Waals surface area contributed by atoms with Gasteiger partial charge in [-0.3, -0.25) is 0 Å². The first-order valence-corrected chi connectivity index (χ1v) is 20.2. The Labute approximate surface area is 328 Å². The molecule has 0 aliphatic heterocycles. The summed E-state index contributed by atoms with van der Waals surface area (Å²) in [5.74, 6) is 0. The van der Waals surface area contributed by atoms with Crippen molar-refractivity contribution >= 4 is 59.8 Å². The molecule has 0 amide bonds. The first-order valence-electron chi connectivity index (χ1n) is 17.5. The molecule has 8 rings (SSSR count). The van der Waals surface area contributed by atoms with Crippen molar-refractivity contribution in [3.63, 3.8) is 0 Å². The summed E-state index contributed by atoms with van der Waals surface area (Å²) in [6, 6.07) is 85.3. The van der Waals surface area contributed by atoms with E-state index < -0.39 is 15.8 Å². The summed E-state index contributed by atoms with van der Waals surface area (Å²) >= 11 is 0. The molecule has 0 spiro atoms. The molecular formula is C50H42NiP2+2. The van der Waals surface area contributed by atoms with Gasteiger partial charge in [0.05, 0.1) is 0 Å². The summed E-state index contributed by atoms with van der Waals surface area (Å²) < 4.78 is 0. The molecule has 0 fully saturated rings. The van der Waals surface area contributed by atoms with Crippen LogP contribution in [0.5, 0.6) is 0 Å². The largest absolute Gasteiger partial charge is 2.00 e. The molecule has 0 N–H and O–H groups in total. The van der Waals surface area contributed by atoms with Crippen molar-refractivity contribution in [3.8, 4) is 0 Å². The predicted molar refractivity (Wildman–Crippen MR) is 232 cm³/mol. The van der Waals surface area contributed by atoms with Gasteiger partial charge in [-0.25, -0.2) is 0 Å². The van der Waals surface area contributed by atoms with Crippen molar-refractivity contribution in [2.45, 2.75) is 0 Å². The van der Waals surface area contributed by atoms with E-state index in [0.717, 1.165) is 0 Å². The minimum absolute atomic E-state index is 0. The molecule has 8 aromatic rings. The van der Waals surface area contributed by atoms with Crippen LogP contribution in [-0.4, -0.2) is 0 Å². The number of rotatable bonds is 8. The van der Waals surface area contributed by atoms with Gasteiger partial charge in [-0.15, -0.1) is 0 Å². The molecule has 0 unspecified atom stereocenters. The van der Waals surface area contributed by atoms with Crippen LogP contribution < -0.4 is 31.8 Å². The van der Waals surface area contributed by atoms with Crippen molar-refractivity contribution in [3.05, 3.63) is 254 Å². The molecule has 0 aliphatic carbocycles. The van der Waals surface area contributed by atoms with Crippen LogP contribution in [0, 0.1) is 0 Å². The smallest absolute Gasteiger partial charge is 0.0622 e. The third-order valence-corrected chi connectivity index (χ3v) is 13.0. The molecule has 0 saturated carbocycles. The Kier molecular flexibility index (Phi) is 16.2. The van der Waals surface area contributed by atoms with Crippen LogP contribution >= 0.6 is 15.8 Å². The minimum Gasteiger partial charge on any atom is -0.0622 e. The van der Waals surface area contributed by atoms with Gasteiger partial charge in [0, 0.05) is 0 Å². The Balaban J connectivity index is 0.000000154. The van der Waals surface area contributed by atoms with Gasteiger partial charge in [0.25, 0.3) is 0 Å². The fourth-order valence-electron chi connectivity index (χ4n) is 5.68. The van der Waals surface area contributed by atoms with E-state index in [2.05, 4.69) is 218 Å². The molecule has 0 bridgehead atoms. The van der Waals surface area contributed by atoms with Gasteiger partial charge in [0.1, 0.15) is 0 Å². The Morgan fingerprint density at radius 3 is 0.528 bits per heavy atom. The summed E-state index contributed by atoms with van der Waals surface area (Å²) in [4.78, 5) is 0. The first kappa shape index (κ1) is 39.1. The standard InChI is InChI=1S/2C18H15P.C14H12.Ni/c2*1-4-10-16(11-5-1)19(17-12-6-2-7-13-17)18-14-8-3-9-15-18;1-3-7-13(8-4-1)11-12-14-9-5-2-6-10-14;/h2*1-15H;1-12H;/q;;;+2/b;;12-11+;. The van der Waals surface area contributed by atoms with E-state index in [1.165, 1.54) is 43.0 Å². The Hall–Kier alpha value is -5.15. The fraction of sp³-hybridized carbons (Fsp3) is 0. The zero-order valence-electron chi connectivity index (χ0n) is 29.5.